The Balaban J connectivity index is 1.42. The number of nitriles is 2. The van der Waals surface area contributed by atoms with Crippen LogP contribution in [0.4, 0.5) is 17.1 Å². The predicted octanol–water partition coefficient (Wildman–Crippen LogP) is 9.66. The van der Waals surface area contributed by atoms with Crippen LogP contribution in [-0.4, -0.2) is 4.57 Å². The number of hydrogen-bond donors (Lipinski definition) is 0. The lowest BCUT2D eigenvalue weighted by Crippen LogP contribution is -2.13. The number of rotatable bonds is 5. The van der Waals surface area contributed by atoms with Gasteiger partial charge in [-0.1, -0.05) is 78.9 Å². The van der Waals surface area contributed by atoms with Crippen molar-refractivity contribution in [1.82, 2.24) is 4.57 Å². The third-order valence-electron chi connectivity index (χ3n) is 7.64. The summed E-state index contributed by atoms with van der Waals surface area (Å²) in [7, 11) is 0. The number of benzene rings is 6. The van der Waals surface area contributed by atoms with Gasteiger partial charge in [0.1, 0.15) is 12.1 Å². The van der Waals surface area contributed by atoms with Gasteiger partial charge in [0, 0.05) is 27.8 Å². The van der Waals surface area contributed by atoms with Gasteiger partial charge in [-0.15, -0.1) is 0 Å². The summed E-state index contributed by atoms with van der Waals surface area (Å²) in [4.78, 5) is 2.00. The van der Waals surface area contributed by atoms with Crippen LogP contribution in [0.1, 0.15) is 11.1 Å². The largest absolute Gasteiger partial charge is 0.309 e. The first-order valence-electron chi connectivity index (χ1n) is 13.7. The second-order valence-corrected chi connectivity index (χ2v) is 10.1. The van der Waals surface area contributed by atoms with E-state index in [1.54, 1.807) is 18.2 Å². The Hall–Kier alpha value is -6.10. The van der Waals surface area contributed by atoms with Crippen molar-refractivity contribution in [2.75, 3.05) is 4.90 Å². The Morgan fingerprint density at radius 2 is 1.07 bits per heavy atom. The van der Waals surface area contributed by atoms with E-state index in [2.05, 4.69) is 95.6 Å². The third-order valence-corrected chi connectivity index (χ3v) is 7.64. The van der Waals surface area contributed by atoms with Crippen molar-refractivity contribution in [3.63, 3.8) is 0 Å². The van der Waals surface area contributed by atoms with Crippen LogP contribution in [0.5, 0.6) is 0 Å². The Morgan fingerprint density at radius 3 is 1.81 bits per heavy atom. The first-order valence-corrected chi connectivity index (χ1v) is 13.7. The highest BCUT2D eigenvalue weighted by Gasteiger charge is 2.20. The van der Waals surface area contributed by atoms with Gasteiger partial charge in [-0.3, -0.25) is 0 Å². The maximum absolute atomic E-state index is 10.00. The Kier molecular flexibility index (Phi) is 6.21. The van der Waals surface area contributed by atoms with E-state index in [0.717, 1.165) is 39.2 Å². The fourth-order valence-corrected chi connectivity index (χ4v) is 5.78. The minimum absolute atomic E-state index is 0.443. The molecule has 7 aromatic rings. The van der Waals surface area contributed by atoms with Gasteiger partial charge in [0.2, 0.25) is 0 Å². The first kappa shape index (κ1) is 24.9. The smallest absolute Gasteiger partial charge is 0.101 e. The average Bonchev–Trinajstić information content (AvgIpc) is 3.40. The molecule has 4 heteroatoms. The highest BCUT2D eigenvalue weighted by Crippen LogP contribution is 2.41. The minimum Gasteiger partial charge on any atom is -0.309 e. The van der Waals surface area contributed by atoms with Crippen LogP contribution in [0, 0.1) is 22.7 Å². The van der Waals surface area contributed by atoms with Crippen LogP contribution in [0.3, 0.4) is 0 Å². The van der Waals surface area contributed by atoms with Gasteiger partial charge in [-0.25, -0.2) is 0 Å². The Bertz CT molecular complexity index is 2130. The Labute approximate surface area is 244 Å². The molecule has 0 spiro atoms. The zero-order valence-electron chi connectivity index (χ0n) is 22.6. The predicted molar refractivity (Wildman–Crippen MR) is 170 cm³/mol. The van der Waals surface area contributed by atoms with Crippen LogP contribution in [0.2, 0.25) is 0 Å². The molecule has 0 aliphatic rings. The summed E-state index contributed by atoms with van der Waals surface area (Å²) in [5, 5.41) is 22.4. The highest BCUT2D eigenvalue weighted by molar-refractivity contribution is 6.10. The standard InChI is InChI=1S/C38H24N4/c39-25-29-12-9-13-30(26-40)38(29)41(31-14-3-1-4-15-31)33-18-10-11-27(23-33)28-21-22-37-35(24-28)34-19-7-8-20-36(34)42(37)32-16-5-2-6-17-32/h1-24H. The molecule has 0 atom stereocenters. The van der Waals surface area contributed by atoms with Gasteiger partial charge in [-0.05, 0) is 77.9 Å². The molecule has 0 aliphatic heterocycles. The molecular formula is C38H24N4. The summed E-state index contributed by atoms with van der Waals surface area (Å²) in [5.74, 6) is 0. The maximum atomic E-state index is 10.00. The molecule has 0 aliphatic carbocycles. The van der Waals surface area contributed by atoms with Crippen molar-refractivity contribution < 1.29 is 0 Å². The summed E-state index contributed by atoms with van der Waals surface area (Å²) in [6, 6.07) is 53.6. The van der Waals surface area contributed by atoms with Crippen LogP contribution in [-0.2, 0) is 0 Å². The molecule has 0 saturated heterocycles. The van der Waals surface area contributed by atoms with Gasteiger partial charge in [-0.2, -0.15) is 10.5 Å². The number of aromatic nitrogens is 1. The topological polar surface area (TPSA) is 55.8 Å². The van der Waals surface area contributed by atoms with Crippen molar-refractivity contribution in [3.8, 4) is 29.0 Å². The third kappa shape index (κ3) is 4.16. The van der Waals surface area contributed by atoms with E-state index in [1.165, 1.54) is 10.8 Å². The molecule has 7 rings (SSSR count). The van der Waals surface area contributed by atoms with Gasteiger partial charge in [0.15, 0.2) is 0 Å². The second kappa shape index (κ2) is 10.5. The van der Waals surface area contributed by atoms with E-state index >= 15 is 0 Å². The van der Waals surface area contributed by atoms with Gasteiger partial charge < -0.3 is 9.47 Å². The van der Waals surface area contributed by atoms with Crippen LogP contribution in [0.15, 0.2) is 146 Å². The van der Waals surface area contributed by atoms with Crippen LogP contribution >= 0.6 is 0 Å². The molecule has 0 fully saturated rings. The van der Waals surface area contributed by atoms with E-state index in [1.807, 2.05) is 53.4 Å². The van der Waals surface area contributed by atoms with Crippen molar-refractivity contribution in [1.29, 1.82) is 10.5 Å². The maximum Gasteiger partial charge on any atom is 0.101 e. The molecule has 1 aromatic heterocycles. The molecule has 0 saturated carbocycles. The SMILES string of the molecule is N#Cc1cccc(C#N)c1N(c1ccccc1)c1cccc(-c2ccc3c(c2)c2ccccc2n3-c2ccccc2)c1. The van der Waals surface area contributed by atoms with Gasteiger partial charge >= 0.3 is 0 Å². The summed E-state index contributed by atoms with van der Waals surface area (Å²) < 4.78 is 2.31. The zero-order chi connectivity index (χ0) is 28.5. The lowest BCUT2D eigenvalue weighted by molar-refractivity contribution is 1.18. The summed E-state index contributed by atoms with van der Waals surface area (Å²) in [5.41, 5.74) is 8.76. The first-order chi connectivity index (χ1) is 20.8. The molecule has 0 unspecified atom stereocenters. The lowest BCUT2D eigenvalue weighted by Gasteiger charge is -2.27. The average molecular weight is 537 g/mol. The van der Waals surface area contributed by atoms with Crippen molar-refractivity contribution in [2.45, 2.75) is 0 Å². The van der Waals surface area contributed by atoms with E-state index in [-0.39, 0.29) is 0 Å². The molecule has 42 heavy (non-hydrogen) atoms. The van der Waals surface area contributed by atoms with E-state index < -0.39 is 0 Å². The zero-order valence-corrected chi connectivity index (χ0v) is 22.6. The number of anilines is 3. The molecule has 4 nitrogen and oxygen atoms in total. The van der Waals surface area contributed by atoms with Gasteiger partial charge in [0.05, 0.1) is 27.8 Å². The molecule has 6 aromatic carbocycles. The molecule has 0 N–H and O–H groups in total. The lowest BCUT2D eigenvalue weighted by atomic mass is 10.0. The number of para-hydroxylation sites is 4. The second-order valence-electron chi connectivity index (χ2n) is 10.1. The normalized spacial score (nSPS) is 10.8. The number of nitrogens with zero attached hydrogens (tertiary/aromatic N) is 4. The highest BCUT2D eigenvalue weighted by atomic mass is 15.1. The molecule has 0 bridgehead atoms. The fraction of sp³-hybridized carbons (Fsp3) is 0. The monoisotopic (exact) mass is 536 g/mol. The molecule has 1 heterocycles. The minimum atomic E-state index is 0.443. The molecule has 196 valence electrons. The van der Waals surface area contributed by atoms with E-state index in [4.69, 9.17) is 0 Å². The molecule has 0 amide bonds. The van der Waals surface area contributed by atoms with Crippen molar-refractivity contribution >= 4 is 38.9 Å². The van der Waals surface area contributed by atoms with Crippen LogP contribution < -0.4 is 4.90 Å². The Morgan fingerprint density at radius 1 is 0.476 bits per heavy atom. The van der Waals surface area contributed by atoms with E-state index in [0.29, 0.717) is 16.8 Å². The van der Waals surface area contributed by atoms with E-state index in [9.17, 15) is 10.5 Å². The quantitative estimate of drug-likeness (QED) is 0.220. The summed E-state index contributed by atoms with van der Waals surface area (Å²) in [6.07, 6.45) is 0. The van der Waals surface area contributed by atoms with Crippen molar-refractivity contribution in [3.05, 3.63) is 157 Å². The number of hydrogen-bond acceptors (Lipinski definition) is 3. The summed E-state index contributed by atoms with van der Waals surface area (Å²) in [6.45, 7) is 0. The fourth-order valence-electron chi connectivity index (χ4n) is 5.78. The summed E-state index contributed by atoms with van der Waals surface area (Å²) >= 11 is 0. The van der Waals surface area contributed by atoms with Crippen molar-refractivity contribution in [2.24, 2.45) is 0 Å². The molecule has 0 radical (unpaired) electrons. The number of fused-ring (bicyclic) bond motifs is 3. The van der Waals surface area contributed by atoms with Gasteiger partial charge in [0.25, 0.3) is 0 Å². The van der Waals surface area contributed by atoms with Crippen LogP contribution in [0.25, 0.3) is 38.6 Å². The molecular weight excluding hydrogens is 512 g/mol.